The number of H-pyrrole nitrogens is 2. The van der Waals surface area contributed by atoms with E-state index < -0.39 is 5.82 Å². The molecule has 11 heteroatoms. The number of aromatic amines is 2. The van der Waals surface area contributed by atoms with Crippen LogP contribution in [-0.2, 0) is 0 Å². The number of hydrogen-bond acceptors (Lipinski definition) is 8. The minimum absolute atomic E-state index is 0.227. The van der Waals surface area contributed by atoms with Gasteiger partial charge in [0.25, 0.3) is 0 Å². The Morgan fingerprint density at radius 2 is 1.89 bits per heavy atom. The molecule has 5 aromatic heterocycles. The molecule has 6 heterocycles. The zero-order chi connectivity index (χ0) is 24.8. The first-order valence-corrected chi connectivity index (χ1v) is 12.0. The van der Waals surface area contributed by atoms with Gasteiger partial charge >= 0.3 is 0 Å². The third kappa shape index (κ3) is 3.91. The number of pyridine rings is 3. The molecule has 0 aromatic carbocycles. The van der Waals surface area contributed by atoms with Crippen molar-refractivity contribution in [3.05, 3.63) is 42.7 Å². The van der Waals surface area contributed by atoms with Gasteiger partial charge in [-0.05, 0) is 33.0 Å². The van der Waals surface area contributed by atoms with Gasteiger partial charge in [0.2, 0.25) is 0 Å². The molecule has 184 valence electrons. The van der Waals surface area contributed by atoms with Crippen LogP contribution in [-0.4, -0.2) is 79.3 Å². The van der Waals surface area contributed by atoms with Crippen molar-refractivity contribution in [1.82, 2.24) is 40.0 Å². The Morgan fingerprint density at radius 3 is 2.69 bits per heavy atom. The van der Waals surface area contributed by atoms with Crippen LogP contribution >= 0.6 is 0 Å². The molecule has 3 N–H and O–H groups in total. The molecule has 1 aliphatic heterocycles. The van der Waals surface area contributed by atoms with Crippen LogP contribution in [0.25, 0.3) is 44.8 Å². The summed E-state index contributed by atoms with van der Waals surface area (Å²) in [5, 5.41) is 10.7. The van der Waals surface area contributed by atoms with Crippen molar-refractivity contribution in [2.45, 2.75) is 19.9 Å². The van der Waals surface area contributed by atoms with E-state index in [4.69, 9.17) is 0 Å². The van der Waals surface area contributed by atoms with Crippen molar-refractivity contribution in [1.29, 1.82) is 0 Å². The molecule has 6 rings (SSSR count). The van der Waals surface area contributed by atoms with Gasteiger partial charge in [-0.25, -0.2) is 19.3 Å². The Balaban J connectivity index is 1.43. The van der Waals surface area contributed by atoms with Crippen LogP contribution in [0.2, 0.25) is 0 Å². The molecule has 0 amide bonds. The average molecular weight is 487 g/mol. The van der Waals surface area contributed by atoms with E-state index in [1.165, 1.54) is 6.20 Å². The zero-order valence-electron chi connectivity index (χ0n) is 20.4. The van der Waals surface area contributed by atoms with Crippen molar-refractivity contribution in [2.75, 3.05) is 43.4 Å². The van der Waals surface area contributed by atoms with Gasteiger partial charge in [-0.15, -0.1) is 0 Å². The fraction of sp³-hybridized carbons (Fsp3) is 0.320. The van der Waals surface area contributed by atoms with Crippen LogP contribution in [0.3, 0.4) is 0 Å². The molecule has 1 aliphatic rings. The highest BCUT2D eigenvalue weighted by molar-refractivity contribution is 5.95. The fourth-order valence-electron chi connectivity index (χ4n) is 4.65. The lowest BCUT2D eigenvalue weighted by atomic mass is 10.1. The van der Waals surface area contributed by atoms with Gasteiger partial charge in [0, 0.05) is 68.1 Å². The number of halogens is 1. The van der Waals surface area contributed by atoms with E-state index in [0.717, 1.165) is 43.1 Å². The number of nitrogens with one attached hydrogen (secondary N) is 3. The third-order valence-electron chi connectivity index (χ3n) is 6.47. The Labute approximate surface area is 207 Å². The number of hydrogen-bond donors (Lipinski definition) is 3. The Kier molecular flexibility index (Phi) is 5.48. The number of imidazole rings is 1. The second-order valence-electron chi connectivity index (χ2n) is 9.45. The molecule has 0 saturated carbocycles. The van der Waals surface area contributed by atoms with E-state index in [2.05, 4.69) is 57.3 Å². The molecule has 0 radical (unpaired) electrons. The largest absolute Gasteiger partial charge is 0.382 e. The van der Waals surface area contributed by atoms with Gasteiger partial charge in [-0.2, -0.15) is 5.10 Å². The summed E-state index contributed by atoms with van der Waals surface area (Å²) < 4.78 is 16.0. The normalized spacial score (nSPS) is 14.9. The third-order valence-corrected chi connectivity index (χ3v) is 6.47. The Bertz CT molecular complexity index is 1550. The number of rotatable bonds is 5. The van der Waals surface area contributed by atoms with Gasteiger partial charge in [0.05, 0.1) is 16.8 Å². The number of anilines is 2. The minimum atomic E-state index is -0.431. The first-order valence-electron chi connectivity index (χ1n) is 12.0. The van der Waals surface area contributed by atoms with Crippen molar-refractivity contribution in [3.63, 3.8) is 0 Å². The first-order chi connectivity index (χ1) is 17.5. The number of piperazine rings is 1. The van der Waals surface area contributed by atoms with E-state index in [-0.39, 0.29) is 17.1 Å². The quantitative estimate of drug-likeness (QED) is 0.345. The number of aromatic nitrogens is 7. The van der Waals surface area contributed by atoms with Crippen LogP contribution < -0.4 is 10.2 Å². The summed E-state index contributed by atoms with van der Waals surface area (Å²) in [5.74, 6) is 0.0349. The molecule has 0 atom stereocenters. The highest BCUT2D eigenvalue weighted by Crippen LogP contribution is 2.34. The van der Waals surface area contributed by atoms with Gasteiger partial charge in [-0.3, -0.25) is 10.1 Å². The van der Waals surface area contributed by atoms with Gasteiger partial charge in [-0.1, -0.05) is 0 Å². The maximum absolute atomic E-state index is 16.0. The van der Waals surface area contributed by atoms with Crippen molar-refractivity contribution < 1.29 is 4.39 Å². The predicted molar refractivity (Wildman–Crippen MR) is 138 cm³/mol. The number of fused-ring (bicyclic) bond motifs is 2. The highest BCUT2D eigenvalue weighted by atomic mass is 19.1. The van der Waals surface area contributed by atoms with Crippen LogP contribution in [0.5, 0.6) is 0 Å². The summed E-state index contributed by atoms with van der Waals surface area (Å²) in [6.45, 7) is 7.87. The lowest BCUT2D eigenvalue weighted by molar-refractivity contribution is 0.313. The number of nitrogens with zero attached hydrogens (tertiary/aromatic N) is 7. The molecule has 1 saturated heterocycles. The van der Waals surface area contributed by atoms with E-state index in [9.17, 15) is 0 Å². The number of likely N-dealkylation sites (N-methyl/N-ethyl adjacent to an activating group) is 1. The zero-order valence-corrected chi connectivity index (χ0v) is 20.4. The van der Waals surface area contributed by atoms with Gasteiger partial charge in [0.1, 0.15) is 17.0 Å². The highest BCUT2D eigenvalue weighted by Gasteiger charge is 2.23. The summed E-state index contributed by atoms with van der Waals surface area (Å²) in [4.78, 5) is 25.8. The molecule has 0 bridgehead atoms. The summed E-state index contributed by atoms with van der Waals surface area (Å²) in [7, 11) is 2.13. The van der Waals surface area contributed by atoms with Gasteiger partial charge < -0.3 is 20.1 Å². The van der Waals surface area contributed by atoms with Crippen LogP contribution in [0, 0.1) is 5.82 Å². The van der Waals surface area contributed by atoms with E-state index in [1.807, 2.05) is 26.0 Å². The molecule has 5 aromatic rings. The molecular weight excluding hydrogens is 459 g/mol. The molecule has 0 unspecified atom stereocenters. The summed E-state index contributed by atoms with van der Waals surface area (Å²) in [6, 6.07) is 4.09. The maximum Gasteiger partial charge on any atom is 0.184 e. The lowest BCUT2D eigenvalue weighted by Gasteiger charge is -2.34. The van der Waals surface area contributed by atoms with Crippen LogP contribution in [0.15, 0.2) is 36.9 Å². The van der Waals surface area contributed by atoms with Gasteiger partial charge in [0.15, 0.2) is 17.1 Å². The van der Waals surface area contributed by atoms with Crippen LogP contribution in [0.1, 0.15) is 13.8 Å². The molecule has 10 nitrogen and oxygen atoms in total. The summed E-state index contributed by atoms with van der Waals surface area (Å²) >= 11 is 0. The van der Waals surface area contributed by atoms with E-state index in [1.54, 1.807) is 18.6 Å². The molecular formula is C25H27FN10. The van der Waals surface area contributed by atoms with Crippen molar-refractivity contribution in [2.24, 2.45) is 0 Å². The van der Waals surface area contributed by atoms with E-state index >= 15 is 4.39 Å². The van der Waals surface area contributed by atoms with Crippen molar-refractivity contribution in [3.8, 4) is 22.6 Å². The molecule has 0 spiro atoms. The Morgan fingerprint density at radius 1 is 1.06 bits per heavy atom. The lowest BCUT2D eigenvalue weighted by Crippen LogP contribution is -2.44. The molecule has 0 aliphatic carbocycles. The maximum atomic E-state index is 16.0. The Hall–Kier alpha value is -4.12. The second-order valence-corrected chi connectivity index (χ2v) is 9.45. The summed E-state index contributed by atoms with van der Waals surface area (Å²) in [5.41, 5.74) is 4.93. The minimum Gasteiger partial charge on any atom is -0.382 e. The van der Waals surface area contributed by atoms with Crippen molar-refractivity contribution >= 4 is 33.6 Å². The summed E-state index contributed by atoms with van der Waals surface area (Å²) in [6.07, 6.45) is 6.60. The van der Waals surface area contributed by atoms with Crippen LogP contribution in [0.4, 0.5) is 15.8 Å². The second kappa shape index (κ2) is 8.83. The average Bonchev–Trinajstić information content (AvgIpc) is 3.49. The topological polar surface area (TPSA) is 115 Å². The van der Waals surface area contributed by atoms with E-state index in [0.29, 0.717) is 28.3 Å². The predicted octanol–water partition coefficient (Wildman–Crippen LogP) is 3.67. The first kappa shape index (κ1) is 22.4. The molecule has 36 heavy (non-hydrogen) atoms. The monoisotopic (exact) mass is 486 g/mol. The smallest absolute Gasteiger partial charge is 0.184 e. The molecule has 1 fully saturated rings. The fourth-order valence-corrected chi connectivity index (χ4v) is 4.65. The standard InChI is InChI=1S/C25H27FN10/c1-14(2)30-16-10-15(11-27-12-16)17-13-29-23-19(20(17)26)22(33-34-23)25-31-21-18(4-5-28-24(21)32-25)36-8-6-35(3)7-9-36/h4-5,10-14,30H,6-9H2,1-3H3,(H,28,31,32)(H,29,33,34). The SMILES string of the molecule is CC(C)Nc1cncc(-c2cnc3n[nH]c(-c4nc5nccc(N6CCN(C)CC6)c5[nH]4)c3c2F)c1.